The number of fused-ring (bicyclic) bond motifs is 2. The number of aromatic amines is 2. The molecular weight excluding hydrogens is 1170 g/mol. The second kappa shape index (κ2) is 29.2. The van der Waals surface area contributed by atoms with E-state index in [2.05, 4.69) is 69.5 Å². The van der Waals surface area contributed by atoms with Crippen molar-refractivity contribution in [2.45, 2.75) is 75.5 Å². The highest BCUT2D eigenvalue weighted by Gasteiger charge is 2.29. The van der Waals surface area contributed by atoms with Crippen LogP contribution < -0.4 is 42.1 Å². The second-order valence-corrected chi connectivity index (χ2v) is 22.7. The van der Waals surface area contributed by atoms with Crippen LogP contribution in [0.2, 0.25) is 10.0 Å². The Morgan fingerprint density at radius 2 is 1.06 bits per heavy atom. The third-order valence-corrected chi connectivity index (χ3v) is 16.4. The van der Waals surface area contributed by atoms with Crippen molar-refractivity contribution in [2.75, 3.05) is 84.1 Å². The SMILES string of the molecule is C=CC(=O)Cl.C=CC(=O)Nc1ccc(C(=O)N[C@H]2CCC[C@@H](Nc3ncc(Cl)c(-c4c[nH]c5ccccc45)n3)C2)c(N2CCOCC2)c1.Nc1ccc(C(=O)N[C@H]2CCC[C@@H](Nc3ncc(Cl)c(-c4c[nH]c5ccccc45)n3)C2)c(N2CCOCC2)c1. The van der Waals surface area contributed by atoms with Crippen LogP contribution in [0.25, 0.3) is 44.3 Å². The van der Waals surface area contributed by atoms with Gasteiger partial charge in [-0.05, 0) is 124 Å². The van der Waals surface area contributed by atoms with E-state index in [1.165, 1.54) is 6.08 Å². The summed E-state index contributed by atoms with van der Waals surface area (Å²) < 4.78 is 11.0. The first-order valence-electron chi connectivity index (χ1n) is 29.1. The van der Waals surface area contributed by atoms with Crippen molar-refractivity contribution in [2.24, 2.45) is 0 Å². The molecule has 20 nitrogen and oxygen atoms in total. The number of rotatable bonds is 15. The van der Waals surface area contributed by atoms with Crippen LogP contribution >= 0.6 is 34.8 Å². The molecule has 23 heteroatoms. The normalized spacial score (nSPS) is 18.4. The summed E-state index contributed by atoms with van der Waals surface area (Å²) in [4.78, 5) is 77.7. The molecule has 3 amide bonds. The van der Waals surface area contributed by atoms with Crippen LogP contribution in [-0.2, 0) is 19.1 Å². The summed E-state index contributed by atoms with van der Waals surface area (Å²) >= 11 is 17.8. The number of carbonyl (C=O) groups is 4. The van der Waals surface area contributed by atoms with Gasteiger partial charge in [0.1, 0.15) is 0 Å². The molecule has 0 unspecified atom stereocenters. The van der Waals surface area contributed by atoms with E-state index in [-0.39, 0.29) is 41.9 Å². The zero-order chi connectivity index (χ0) is 60.8. The summed E-state index contributed by atoms with van der Waals surface area (Å²) in [5, 5.41) is 18.9. The summed E-state index contributed by atoms with van der Waals surface area (Å²) in [6.45, 7) is 11.8. The van der Waals surface area contributed by atoms with Gasteiger partial charge in [-0.25, -0.2) is 19.9 Å². The fourth-order valence-corrected chi connectivity index (χ4v) is 11.8. The first-order chi connectivity index (χ1) is 42.3. The van der Waals surface area contributed by atoms with E-state index in [9.17, 15) is 19.2 Å². The number of anilines is 6. The Labute approximate surface area is 519 Å². The molecule has 0 radical (unpaired) electrons. The fourth-order valence-electron chi connectivity index (χ4n) is 11.4. The smallest absolute Gasteiger partial charge is 0.253 e. The van der Waals surface area contributed by atoms with Crippen LogP contribution in [0.5, 0.6) is 0 Å². The number of nitrogen functional groups attached to an aromatic ring is 1. The number of carbonyl (C=O) groups excluding carboxylic acids is 4. The minimum atomic E-state index is -0.509. The van der Waals surface area contributed by atoms with Gasteiger partial charge < -0.3 is 61.6 Å². The van der Waals surface area contributed by atoms with Crippen LogP contribution in [0.1, 0.15) is 72.1 Å². The number of hydrogen-bond acceptors (Lipinski definition) is 15. The number of nitrogens with two attached hydrogens (primary N) is 1. The van der Waals surface area contributed by atoms with Gasteiger partial charge in [-0.2, -0.15) is 0 Å². The maximum Gasteiger partial charge on any atom is 0.253 e. The van der Waals surface area contributed by atoms with Crippen molar-refractivity contribution in [1.29, 1.82) is 0 Å². The molecule has 452 valence electrons. The van der Waals surface area contributed by atoms with E-state index >= 15 is 0 Å². The van der Waals surface area contributed by atoms with Crippen LogP contribution in [0.15, 0.2) is 135 Å². The number of ether oxygens (including phenoxy) is 2. The fraction of sp³-hybridized carbons (Fsp3) is 0.312. The largest absolute Gasteiger partial charge is 0.399 e. The van der Waals surface area contributed by atoms with Crippen LogP contribution in [0, 0.1) is 0 Å². The van der Waals surface area contributed by atoms with Gasteiger partial charge in [0, 0.05) is 107 Å². The number of para-hydroxylation sites is 2. The van der Waals surface area contributed by atoms with Gasteiger partial charge in [0.05, 0.1) is 82.8 Å². The molecule has 4 aliphatic rings. The summed E-state index contributed by atoms with van der Waals surface area (Å²) in [7, 11) is 0. The molecule has 4 fully saturated rings. The predicted octanol–water partition coefficient (Wildman–Crippen LogP) is 11.2. The molecular formula is C64H69Cl3N14O6. The van der Waals surface area contributed by atoms with Gasteiger partial charge in [0.25, 0.3) is 11.8 Å². The average molecular weight is 1240 g/mol. The molecule has 9 N–H and O–H groups in total. The Morgan fingerprint density at radius 3 is 1.53 bits per heavy atom. The Bertz CT molecular complexity index is 3770. The van der Waals surface area contributed by atoms with Gasteiger partial charge in [-0.1, -0.05) is 72.8 Å². The van der Waals surface area contributed by atoms with Gasteiger partial charge in [0.15, 0.2) is 0 Å². The van der Waals surface area contributed by atoms with Crippen molar-refractivity contribution in [3.63, 3.8) is 0 Å². The highest BCUT2D eigenvalue weighted by Crippen LogP contribution is 2.36. The number of aromatic nitrogens is 6. The lowest BCUT2D eigenvalue weighted by molar-refractivity contribution is -0.112. The monoisotopic (exact) mass is 1230 g/mol. The maximum atomic E-state index is 13.6. The minimum absolute atomic E-state index is 0.0168. The molecule has 4 aromatic heterocycles. The van der Waals surface area contributed by atoms with Crippen molar-refractivity contribution in [3.8, 4) is 22.5 Å². The van der Waals surface area contributed by atoms with Gasteiger partial charge in [-0.3, -0.25) is 19.2 Å². The Kier molecular flexibility index (Phi) is 20.7. The Hall–Kier alpha value is -8.53. The number of allylic oxidation sites excluding steroid dienone is 1. The summed E-state index contributed by atoms with van der Waals surface area (Å²) in [6, 6.07) is 27.2. The lowest BCUT2D eigenvalue weighted by Gasteiger charge is -2.32. The second-order valence-electron chi connectivity index (χ2n) is 21.5. The maximum absolute atomic E-state index is 13.6. The van der Waals surface area contributed by atoms with Crippen LogP contribution in [0.4, 0.5) is 34.6 Å². The van der Waals surface area contributed by atoms with E-state index in [4.69, 9.17) is 60.0 Å². The van der Waals surface area contributed by atoms with Gasteiger partial charge in [-0.15, -0.1) is 0 Å². The summed E-state index contributed by atoms with van der Waals surface area (Å²) in [5.41, 5.74) is 15.4. The number of H-pyrrole nitrogens is 2. The molecule has 0 spiro atoms. The third kappa shape index (κ3) is 15.7. The molecule has 12 rings (SSSR count). The Morgan fingerprint density at radius 1 is 0.609 bits per heavy atom. The van der Waals surface area contributed by atoms with E-state index in [1.807, 2.05) is 79.1 Å². The molecule has 2 aliphatic heterocycles. The summed E-state index contributed by atoms with van der Waals surface area (Å²) in [5.74, 6) is 0.520. The van der Waals surface area contributed by atoms with Crippen molar-refractivity contribution >= 4 is 114 Å². The highest BCUT2D eigenvalue weighted by molar-refractivity contribution is 6.66. The van der Waals surface area contributed by atoms with E-state index < -0.39 is 5.24 Å². The van der Waals surface area contributed by atoms with E-state index in [0.717, 1.165) is 115 Å². The summed E-state index contributed by atoms with van der Waals surface area (Å²) in [6.07, 6.45) is 16.6. The van der Waals surface area contributed by atoms with Gasteiger partial charge >= 0.3 is 0 Å². The third-order valence-electron chi connectivity index (χ3n) is 15.7. The van der Waals surface area contributed by atoms with Crippen molar-refractivity contribution in [1.82, 2.24) is 40.5 Å². The van der Waals surface area contributed by atoms with Crippen molar-refractivity contribution < 1.29 is 28.7 Å². The number of morpholine rings is 2. The number of nitrogens with one attached hydrogen (secondary N) is 7. The zero-order valence-electron chi connectivity index (χ0n) is 47.9. The van der Waals surface area contributed by atoms with Crippen molar-refractivity contribution in [3.05, 3.63) is 156 Å². The molecule has 87 heavy (non-hydrogen) atoms. The Balaban J connectivity index is 0.000000179. The lowest BCUT2D eigenvalue weighted by atomic mass is 9.90. The zero-order valence-corrected chi connectivity index (χ0v) is 50.2. The van der Waals surface area contributed by atoms with Crippen LogP contribution in [0.3, 0.4) is 0 Å². The van der Waals surface area contributed by atoms with E-state index in [0.29, 0.717) is 95.3 Å². The quantitative estimate of drug-likeness (QED) is 0.0270. The lowest BCUT2D eigenvalue weighted by Crippen LogP contribution is -2.43. The molecule has 2 aliphatic carbocycles. The van der Waals surface area contributed by atoms with E-state index in [1.54, 1.807) is 30.6 Å². The number of nitrogens with zero attached hydrogens (tertiary/aromatic N) is 6. The minimum Gasteiger partial charge on any atom is -0.399 e. The molecule has 4 aromatic carbocycles. The standard InChI is InChI=1S/C32H34ClN7O3.C29H32ClN7O2.C3H3ClO/c1-2-29(41)36-22-10-11-24(28(17-22)40-12-14-43-15-13-40)31(42)37-20-6-5-7-21(16-20)38-32-35-19-26(33)30(39-32)25-18-34-27-9-4-3-8-23(25)27;30-24-17-33-29(36-27(24)23-16-32-25-7-2-1-6-21(23)25)35-20-5-3-4-19(15-20)34-28(38)22-9-8-18(31)14-26(22)37-10-12-39-13-11-37;1-2-3(4)5/h2-4,8-11,17-21,34H,1,5-7,12-16H2,(H,36,41)(H,37,42)(H,35,38,39);1-2,6-9,14,16-17,19-20,32H,3-5,10-13,15,31H2,(H,34,38)(H,33,35,36);2H,1H2/t20-,21+;19-,20+;/m00./s1. The molecule has 4 atom stereocenters. The van der Waals surface area contributed by atoms with Gasteiger partial charge in [0.2, 0.25) is 23.0 Å². The molecule has 2 saturated heterocycles. The van der Waals surface area contributed by atoms with Crippen LogP contribution in [-0.4, -0.2) is 130 Å². The average Bonchev–Trinajstić information content (AvgIpc) is 2.98. The molecule has 8 aromatic rings. The molecule has 0 bridgehead atoms. The first kappa shape index (κ1) is 61.6. The number of amides is 3. The molecule has 6 heterocycles. The number of benzene rings is 4. The number of hydrogen-bond donors (Lipinski definition) is 8. The first-order valence-corrected chi connectivity index (χ1v) is 30.2. The topological polar surface area (TPSA) is 263 Å². The molecule has 2 saturated carbocycles. The highest BCUT2D eigenvalue weighted by atomic mass is 35.5. The number of halogens is 3. The predicted molar refractivity (Wildman–Crippen MR) is 346 cm³/mol.